The normalized spacial score (nSPS) is 15.3. The van der Waals surface area contributed by atoms with Gasteiger partial charge < -0.3 is 9.13 Å². The third-order valence-electron chi connectivity index (χ3n) is 10.2. The molecule has 0 saturated carbocycles. The van der Waals surface area contributed by atoms with Gasteiger partial charge in [0, 0.05) is 56.5 Å². The Hall–Kier alpha value is -6.24. The third-order valence-corrected chi connectivity index (χ3v) is 10.2. The van der Waals surface area contributed by atoms with Crippen LogP contribution in [0.1, 0.15) is 40.4 Å². The average molecular weight is 799 g/mol. The molecular formula is C41H22F12N4. The molecule has 0 spiro atoms. The van der Waals surface area contributed by atoms with Crippen molar-refractivity contribution in [2.75, 3.05) is 0 Å². The fraction of sp³-hybridized carbons (Fsp3) is 0.171. The second kappa shape index (κ2) is 12.6. The molecule has 1 aliphatic carbocycles. The van der Waals surface area contributed by atoms with Crippen molar-refractivity contribution in [3.05, 3.63) is 130 Å². The number of halogens is 12. The SMILES string of the molecule is CC1Cc2c(c3cc(C(F)(F)F)ccc3n2-c2cc(-c3cccnc3)c(C#N)cc2-n2c3ccc(C(F)(F)F)cc3c3cc(C(F)(F)F)ccc32)C=C1C(F)(F)F. The summed E-state index contributed by atoms with van der Waals surface area (Å²) in [6, 6.07) is 15.5. The third kappa shape index (κ3) is 6.25. The van der Waals surface area contributed by atoms with Crippen molar-refractivity contribution in [3.63, 3.8) is 0 Å². The lowest BCUT2D eigenvalue weighted by Gasteiger charge is -2.26. The van der Waals surface area contributed by atoms with Gasteiger partial charge in [0.2, 0.25) is 0 Å². The molecule has 16 heteroatoms. The first-order chi connectivity index (χ1) is 26.7. The Morgan fingerprint density at radius 3 is 1.61 bits per heavy atom. The van der Waals surface area contributed by atoms with Crippen LogP contribution >= 0.6 is 0 Å². The van der Waals surface area contributed by atoms with E-state index in [1.54, 1.807) is 12.1 Å². The van der Waals surface area contributed by atoms with Crippen molar-refractivity contribution >= 4 is 38.8 Å². The summed E-state index contributed by atoms with van der Waals surface area (Å²) in [6.07, 6.45) is -16.2. The van der Waals surface area contributed by atoms with E-state index in [1.165, 1.54) is 40.6 Å². The predicted octanol–water partition coefficient (Wildman–Crippen LogP) is 12.9. The van der Waals surface area contributed by atoms with Gasteiger partial charge in [-0.1, -0.05) is 13.0 Å². The van der Waals surface area contributed by atoms with Crippen LogP contribution < -0.4 is 0 Å². The first-order valence-corrected chi connectivity index (χ1v) is 16.9. The van der Waals surface area contributed by atoms with Crippen molar-refractivity contribution in [1.82, 2.24) is 14.1 Å². The number of rotatable bonds is 3. The molecular weight excluding hydrogens is 776 g/mol. The van der Waals surface area contributed by atoms with Gasteiger partial charge in [-0.3, -0.25) is 4.98 Å². The Balaban J connectivity index is 1.56. The molecule has 0 fully saturated rings. The number of benzene rings is 4. The van der Waals surface area contributed by atoms with Crippen LogP contribution in [0.3, 0.4) is 0 Å². The maximum atomic E-state index is 14.3. The fourth-order valence-electron chi connectivity index (χ4n) is 7.66. The standard InChI is InChI=1S/C41H22F12N4/c1-20-11-35-30(16-31(20)41(51,52)53)29-15-25(40(48,49)50)6-9-34(29)57(35)37-17-26(21-3-2-10-55-19-21)22(18-54)12-36(37)56-32-7-4-23(38(42,43)44)13-27(32)28-14-24(39(45,46)47)5-8-33(28)56/h2-10,12-17,19-20H,11H2,1H3. The minimum absolute atomic E-state index is 0.0162. The van der Waals surface area contributed by atoms with Crippen LogP contribution in [-0.2, 0) is 24.9 Å². The zero-order chi connectivity index (χ0) is 41.0. The van der Waals surface area contributed by atoms with Gasteiger partial charge in [0.1, 0.15) is 0 Å². The number of nitriles is 1. The molecule has 3 heterocycles. The summed E-state index contributed by atoms with van der Waals surface area (Å²) in [4.78, 5) is 4.11. The minimum atomic E-state index is -4.90. The van der Waals surface area contributed by atoms with Crippen LogP contribution in [0.15, 0.2) is 96.8 Å². The smallest absolute Gasteiger partial charge is 0.311 e. The van der Waals surface area contributed by atoms with Crippen LogP contribution in [-0.4, -0.2) is 20.3 Å². The first-order valence-electron chi connectivity index (χ1n) is 16.9. The molecule has 8 rings (SSSR count). The van der Waals surface area contributed by atoms with Crippen LogP contribution in [0.25, 0.3) is 61.3 Å². The molecule has 290 valence electrons. The molecule has 0 aliphatic heterocycles. The summed E-state index contributed by atoms with van der Waals surface area (Å²) >= 11 is 0. The summed E-state index contributed by atoms with van der Waals surface area (Å²) < 4.78 is 172. The number of aromatic nitrogens is 3. The van der Waals surface area contributed by atoms with Gasteiger partial charge in [-0.15, -0.1) is 0 Å². The van der Waals surface area contributed by atoms with Crippen LogP contribution in [0.5, 0.6) is 0 Å². The summed E-state index contributed by atoms with van der Waals surface area (Å²) in [7, 11) is 0. The molecule has 3 aromatic heterocycles. The lowest BCUT2D eigenvalue weighted by atomic mass is 9.86. The van der Waals surface area contributed by atoms with Gasteiger partial charge in [0.25, 0.3) is 0 Å². The molecule has 57 heavy (non-hydrogen) atoms. The highest BCUT2D eigenvalue weighted by Crippen LogP contribution is 2.47. The van der Waals surface area contributed by atoms with E-state index < -0.39 is 52.9 Å². The molecule has 0 saturated heterocycles. The Morgan fingerprint density at radius 2 is 1.14 bits per heavy atom. The molecule has 7 aromatic rings. The van der Waals surface area contributed by atoms with Crippen LogP contribution in [0.4, 0.5) is 52.7 Å². The highest BCUT2D eigenvalue weighted by molar-refractivity contribution is 6.10. The molecule has 1 aliphatic rings. The largest absolute Gasteiger partial charge is 0.416 e. The molecule has 1 unspecified atom stereocenters. The molecule has 4 nitrogen and oxygen atoms in total. The second-order valence-electron chi connectivity index (χ2n) is 13.7. The van der Waals surface area contributed by atoms with Crippen molar-refractivity contribution in [1.29, 1.82) is 5.26 Å². The number of hydrogen-bond acceptors (Lipinski definition) is 2. The van der Waals surface area contributed by atoms with Crippen molar-refractivity contribution in [3.8, 4) is 28.6 Å². The number of pyridine rings is 1. The monoisotopic (exact) mass is 798 g/mol. The van der Waals surface area contributed by atoms with E-state index in [0.29, 0.717) is 17.7 Å². The Morgan fingerprint density at radius 1 is 0.632 bits per heavy atom. The molecule has 0 bridgehead atoms. The Bertz CT molecular complexity index is 2770. The van der Waals surface area contributed by atoms with Crippen molar-refractivity contribution in [2.45, 2.75) is 38.0 Å². The lowest BCUT2D eigenvalue weighted by Crippen LogP contribution is -2.23. The van der Waals surface area contributed by atoms with Gasteiger partial charge in [-0.05, 0) is 91.2 Å². The molecule has 0 radical (unpaired) electrons. The zero-order valence-electron chi connectivity index (χ0n) is 28.8. The van der Waals surface area contributed by atoms with Gasteiger partial charge in [-0.2, -0.15) is 57.9 Å². The van der Waals surface area contributed by atoms with Gasteiger partial charge in [0.05, 0.1) is 56.2 Å². The predicted molar refractivity (Wildman–Crippen MR) is 187 cm³/mol. The van der Waals surface area contributed by atoms with Crippen molar-refractivity contribution in [2.24, 2.45) is 5.92 Å². The Labute approximate surface area is 313 Å². The lowest BCUT2D eigenvalue weighted by molar-refractivity contribution is -0.138. The highest BCUT2D eigenvalue weighted by Gasteiger charge is 2.41. The summed E-state index contributed by atoms with van der Waals surface area (Å²) in [6.45, 7) is 1.30. The fourth-order valence-corrected chi connectivity index (χ4v) is 7.66. The summed E-state index contributed by atoms with van der Waals surface area (Å²) in [5.74, 6) is -1.20. The molecule has 0 N–H and O–H groups in total. The number of fused-ring (bicyclic) bond motifs is 6. The average Bonchev–Trinajstić information content (AvgIpc) is 3.63. The molecule has 4 aromatic carbocycles. The Kier molecular flexibility index (Phi) is 8.35. The number of nitrogens with zero attached hydrogens (tertiary/aromatic N) is 4. The van der Waals surface area contributed by atoms with E-state index in [4.69, 9.17) is 0 Å². The van der Waals surface area contributed by atoms with Gasteiger partial charge in [0.15, 0.2) is 0 Å². The quantitative estimate of drug-likeness (QED) is 0.167. The van der Waals surface area contributed by atoms with E-state index in [0.717, 1.165) is 48.5 Å². The number of hydrogen-bond donors (Lipinski definition) is 0. The maximum Gasteiger partial charge on any atom is 0.416 e. The van der Waals surface area contributed by atoms with E-state index in [1.807, 2.05) is 0 Å². The van der Waals surface area contributed by atoms with E-state index in [9.17, 15) is 57.9 Å². The van der Waals surface area contributed by atoms with Crippen LogP contribution in [0.2, 0.25) is 0 Å². The van der Waals surface area contributed by atoms with Gasteiger partial charge in [-0.25, -0.2) is 0 Å². The molecule has 1 atom stereocenters. The van der Waals surface area contributed by atoms with Crippen LogP contribution in [0, 0.1) is 17.2 Å². The maximum absolute atomic E-state index is 14.3. The first kappa shape index (κ1) is 37.7. The van der Waals surface area contributed by atoms with E-state index >= 15 is 0 Å². The summed E-state index contributed by atoms with van der Waals surface area (Å²) in [5.41, 5.74) is -3.91. The molecule has 0 amide bonds. The summed E-state index contributed by atoms with van der Waals surface area (Å²) in [5, 5.41) is 9.77. The topological polar surface area (TPSA) is 46.5 Å². The second-order valence-corrected chi connectivity index (χ2v) is 13.7. The zero-order valence-corrected chi connectivity index (χ0v) is 28.8. The highest BCUT2D eigenvalue weighted by atomic mass is 19.4. The number of allylic oxidation sites excluding steroid dienone is 1. The number of alkyl halides is 12. The van der Waals surface area contributed by atoms with Crippen molar-refractivity contribution < 1.29 is 52.7 Å². The van der Waals surface area contributed by atoms with Gasteiger partial charge >= 0.3 is 24.7 Å². The van der Waals surface area contributed by atoms with E-state index in [-0.39, 0.29) is 72.9 Å². The minimum Gasteiger partial charge on any atom is -0.311 e. The van der Waals surface area contributed by atoms with E-state index in [2.05, 4.69) is 11.1 Å².